The number of ether oxygens (including phenoxy) is 1. The fourth-order valence-electron chi connectivity index (χ4n) is 5.51. The molecule has 0 aromatic heterocycles. The summed E-state index contributed by atoms with van der Waals surface area (Å²) in [6.45, 7) is 5.99. The second-order valence-corrected chi connectivity index (χ2v) is 10.7. The Hall–Kier alpha value is -3.39. The van der Waals surface area contributed by atoms with Gasteiger partial charge in [-0.05, 0) is 42.4 Å². The first-order valence-electron chi connectivity index (χ1n) is 14.2. The molecule has 2 aliphatic heterocycles. The van der Waals surface area contributed by atoms with Gasteiger partial charge in [-0.3, -0.25) is 14.4 Å². The van der Waals surface area contributed by atoms with Crippen molar-refractivity contribution in [2.24, 2.45) is 5.92 Å². The molecule has 4 rings (SSSR count). The quantitative estimate of drug-likeness (QED) is 0.630. The van der Waals surface area contributed by atoms with Crippen LogP contribution in [0.2, 0.25) is 0 Å². The van der Waals surface area contributed by atoms with Crippen LogP contribution in [0.5, 0.6) is 5.75 Å². The highest BCUT2D eigenvalue weighted by Crippen LogP contribution is 2.24. The number of para-hydroxylation sites is 1. The SMILES string of the molecule is CCC(C)[C@@H]1NCCOc2ccccc2CCCNC(=O)[C@@H](Cc2ccccc2)N2CCC(C2=O)N(C)C1=O. The van der Waals surface area contributed by atoms with Crippen molar-refractivity contribution in [2.75, 3.05) is 33.3 Å². The van der Waals surface area contributed by atoms with Crippen molar-refractivity contribution in [3.8, 4) is 5.75 Å². The zero-order valence-electron chi connectivity index (χ0n) is 23.4. The minimum Gasteiger partial charge on any atom is -0.492 e. The minimum atomic E-state index is -0.633. The van der Waals surface area contributed by atoms with Gasteiger partial charge in [-0.1, -0.05) is 68.8 Å². The van der Waals surface area contributed by atoms with E-state index in [1.54, 1.807) is 16.8 Å². The van der Waals surface area contributed by atoms with Crippen LogP contribution in [0.15, 0.2) is 54.6 Å². The molecule has 4 atom stereocenters. The summed E-state index contributed by atoms with van der Waals surface area (Å²) in [6, 6.07) is 16.1. The molecule has 0 radical (unpaired) electrons. The third-order valence-corrected chi connectivity index (χ3v) is 8.08. The number of likely N-dealkylation sites (N-methyl/N-ethyl adjacent to an activating group) is 1. The predicted molar refractivity (Wildman–Crippen MR) is 151 cm³/mol. The summed E-state index contributed by atoms with van der Waals surface area (Å²) < 4.78 is 6.09. The van der Waals surface area contributed by atoms with E-state index < -0.39 is 18.1 Å². The minimum absolute atomic E-state index is 0.0852. The summed E-state index contributed by atoms with van der Waals surface area (Å²) in [6.07, 6.45) is 3.27. The zero-order chi connectivity index (χ0) is 27.8. The van der Waals surface area contributed by atoms with E-state index in [1.165, 1.54) is 0 Å². The van der Waals surface area contributed by atoms with E-state index in [-0.39, 0.29) is 23.6 Å². The normalized spacial score (nSPS) is 24.3. The van der Waals surface area contributed by atoms with E-state index in [0.29, 0.717) is 39.1 Å². The lowest BCUT2D eigenvalue weighted by Gasteiger charge is -2.32. The fraction of sp³-hybridized carbons (Fsp3) is 0.516. The van der Waals surface area contributed by atoms with Gasteiger partial charge in [0.05, 0.1) is 6.04 Å². The second-order valence-electron chi connectivity index (χ2n) is 10.7. The zero-order valence-corrected chi connectivity index (χ0v) is 23.4. The third-order valence-electron chi connectivity index (χ3n) is 8.08. The highest BCUT2D eigenvalue weighted by Gasteiger charge is 2.43. The Kier molecular flexibility index (Phi) is 9.98. The van der Waals surface area contributed by atoms with E-state index >= 15 is 0 Å². The van der Waals surface area contributed by atoms with E-state index in [2.05, 4.69) is 24.5 Å². The Morgan fingerprint density at radius 3 is 2.51 bits per heavy atom. The summed E-state index contributed by atoms with van der Waals surface area (Å²) in [5, 5.41) is 6.48. The number of nitrogens with one attached hydrogen (secondary N) is 2. The molecule has 0 aliphatic carbocycles. The number of benzene rings is 2. The lowest BCUT2D eigenvalue weighted by atomic mass is 9.97. The van der Waals surface area contributed by atoms with Gasteiger partial charge >= 0.3 is 0 Å². The average molecular weight is 535 g/mol. The number of amides is 3. The van der Waals surface area contributed by atoms with E-state index in [9.17, 15) is 14.4 Å². The lowest BCUT2D eigenvalue weighted by Crippen LogP contribution is -2.55. The lowest BCUT2D eigenvalue weighted by molar-refractivity contribution is -0.145. The Bertz CT molecular complexity index is 1120. The van der Waals surface area contributed by atoms with Crippen molar-refractivity contribution in [3.63, 3.8) is 0 Å². The molecule has 210 valence electrons. The first-order valence-corrected chi connectivity index (χ1v) is 14.2. The molecule has 8 nitrogen and oxygen atoms in total. The van der Waals surface area contributed by atoms with E-state index in [1.807, 2.05) is 54.6 Å². The molecule has 2 unspecified atom stereocenters. The van der Waals surface area contributed by atoms with Crippen LogP contribution in [-0.4, -0.2) is 78.9 Å². The van der Waals surface area contributed by atoms with Gasteiger partial charge < -0.3 is 25.2 Å². The van der Waals surface area contributed by atoms with Crippen LogP contribution >= 0.6 is 0 Å². The van der Waals surface area contributed by atoms with Crippen LogP contribution in [0.25, 0.3) is 0 Å². The first kappa shape index (κ1) is 28.6. The Morgan fingerprint density at radius 2 is 1.74 bits per heavy atom. The molecule has 0 spiro atoms. The van der Waals surface area contributed by atoms with Gasteiger partial charge in [0.25, 0.3) is 0 Å². The average Bonchev–Trinajstić information content (AvgIpc) is 3.34. The third kappa shape index (κ3) is 6.98. The van der Waals surface area contributed by atoms with Gasteiger partial charge in [-0.2, -0.15) is 0 Å². The number of nitrogens with zero attached hydrogens (tertiary/aromatic N) is 2. The number of hydrogen-bond acceptors (Lipinski definition) is 5. The number of hydrogen-bond donors (Lipinski definition) is 2. The molecule has 8 heteroatoms. The van der Waals surface area contributed by atoms with E-state index in [4.69, 9.17) is 4.74 Å². The maximum atomic E-state index is 13.7. The molecule has 39 heavy (non-hydrogen) atoms. The predicted octanol–water partition coefficient (Wildman–Crippen LogP) is 2.80. The largest absolute Gasteiger partial charge is 0.492 e. The molecule has 3 amide bonds. The van der Waals surface area contributed by atoms with Crippen LogP contribution in [0.3, 0.4) is 0 Å². The Morgan fingerprint density at radius 1 is 1.00 bits per heavy atom. The molecule has 2 heterocycles. The van der Waals surface area contributed by atoms with Crippen LogP contribution in [0.4, 0.5) is 0 Å². The Labute approximate surface area is 232 Å². The summed E-state index contributed by atoms with van der Waals surface area (Å²) >= 11 is 0. The molecule has 2 N–H and O–H groups in total. The molecule has 2 aromatic rings. The molecule has 0 saturated carbocycles. The molecular weight excluding hydrogens is 492 g/mol. The number of carbonyl (C=O) groups is 3. The second kappa shape index (κ2) is 13.6. The molecule has 1 saturated heterocycles. The summed E-state index contributed by atoms with van der Waals surface area (Å²) in [5.74, 6) is 0.485. The van der Waals surface area contributed by atoms with Gasteiger partial charge in [-0.15, -0.1) is 0 Å². The van der Waals surface area contributed by atoms with Crippen molar-refractivity contribution in [1.29, 1.82) is 0 Å². The standard InChI is InChI=1S/C31H42N4O4/c1-4-22(2)28-31(38)34(3)25-16-19-35(30(25)37)26(21-23-11-6-5-7-12-23)29(36)33-17-10-14-24-13-8-9-15-27(24)39-20-18-32-28/h5-9,11-13,15,22,25-26,28,32H,4,10,14,16-21H2,1-3H3,(H,33,36)/t22?,25?,26-,28+/m1/s1. The number of aryl methyl sites for hydroxylation is 1. The molecule has 2 bridgehead atoms. The van der Waals surface area contributed by atoms with Crippen LogP contribution in [0, 0.1) is 5.92 Å². The summed E-state index contributed by atoms with van der Waals surface area (Å²) in [4.78, 5) is 44.1. The van der Waals surface area contributed by atoms with Crippen LogP contribution in [-0.2, 0) is 27.2 Å². The van der Waals surface area contributed by atoms with Gasteiger partial charge in [-0.25, -0.2) is 0 Å². The Balaban J connectivity index is 1.61. The number of fused-ring (bicyclic) bond motifs is 3. The fourth-order valence-corrected chi connectivity index (χ4v) is 5.51. The molecule has 2 aliphatic rings. The van der Waals surface area contributed by atoms with Gasteiger partial charge in [0.1, 0.15) is 24.4 Å². The summed E-state index contributed by atoms with van der Waals surface area (Å²) in [7, 11) is 1.71. The van der Waals surface area contributed by atoms with Gasteiger partial charge in [0.2, 0.25) is 17.7 Å². The van der Waals surface area contributed by atoms with Crippen molar-refractivity contribution in [3.05, 3.63) is 65.7 Å². The summed E-state index contributed by atoms with van der Waals surface area (Å²) in [5.41, 5.74) is 2.08. The van der Waals surface area contributed by atoms with Crippen molar-refractivity contribution in [2.45, 2.75) is 64.1 Å². The molecular formula is C31H42N4O4. The monoisotopic (exact) mass is 534 g/mol. The molecule has 2 aromatic carbocycles. The number of carbonyl (C=O) groups excluding carboxylic acids is 3. The van der Waals surface area contributed by atoms with Crippen molar-refractivity contribution in [1.82, 2.24) is 20.4 Å². The number of rotatable bonds is 4. The molecule has 1 fully saturated rings. The van der Waals surface area contributed by atoms with Gasteiger partial charge in [0.15, 0.2) is 0 Å². The van der Waals surface area contributed by atoms with Crippen LogP contribution in [0.1, 0.15) is 44.2 Å². The smallest absolute Gasteiger partial charge is 0.246 e. The van der Waals surface area contributed by atoms with Crippen LogP contribution < -0.4 is 15.4 Å². The first-order chi connectivity index (χ1) is 18.9. The maximum Gasteiger partial charge on any atom is 0.246 e. The van der Waals surface area contributed by atoms with E-state index in [0.717, 1.165) is 36.1 Å². The maximum absolute atomic E-state index is 13.7. The van der Waals surface area contributed by atoms with Crippen molar-refractivity contribution >= 4 is 17.7 Å². The topological polar surface area (TPSA) is 91.0 Å². The highest BCUT2D eigenvalue weighted by molar-refractivity contribution is 5.94. The highest BCUT2D eigenvalue weighted by atomic mass is 16.5. The van der Waals surface area contributed by atoms with Crippen molar-refractivity contribution < 1.29 is 19.1 Å². The van der Waals surface area contributed by atoms with Gasteiger partial charge in [0, 0.05) is 33.1 Å².